The highest BCUT2D eigenvalue weighted by Crippen LogP contribution is 2.30. The van der Waals surface area contributed by atoms with Crippen LogP contribution < -0.4 is 11.9 Å². The lowest BCUT2D eigenvalue weighted by Gasteiger charge is -2.07. The highest BCUT2D eigenvalue weighted by Gasteiger charge is 2.37. The Labute approximate surface area is 95.6 Å². The molecule has 0 saturated carbocycles. The molecule has 0 bridgehead atoms. The molecule has 2 unspecified atom stereocenters. The van der Waals surface area contributed by atoms with Crippen LogP contribution in [0.5, 0.6) is 0 Å². The maximum atomic E-state index is 10.9. The fraction of sp³-hybridized carbons (Fsp3) is 0.500. The Balaban J connectivity index is 0. The number of amides is 1. The van der Waals surface area contributed by atoms with Gasteiger partial charge in [-0.25, -0.2) is 9.10 Å². The molecule has 1 heterocycles. The molecule has 0 spiro atoms. The van der Waals surface area contributed by atoms with E-state index in [9.17, 15) is 9.59 Å². The van der Waals surface area contributed by atoms with E-state index in [-0.39, 0.29) is 11.9 Å². The number of Topliss-reactive ketones (excluding diaryl/α,β-unsaturated/α-hetero) is 1. The lowest BCUT2D eigenvalue weighted by Crippen LogP contribution is -2.29. The van der Waals surface area contributed by atoms with Gasteiger partial charge in [-0.05, 0) is 7.05 Å². The number of hydrogen-bond acceptors (Lipinski definition) is 6. The fourth-order valence-electron chi connectivity index (χ4n) is 0.730. The summed E-state index contributed by atoms with van der Waals surface area (Å²) in [7, 11) is 1.67. The van der Waals surface area contributed by atoms with E-state index in [4.69, 9.17) is 21.5 Å². The van der Waals surface area contributed by atoms with E-state index in [1.54, 1.807) is 11.4 Å². The second-order valence-electron chi connectivity index (χ2n) is 2.29. The molecule has 1 aliphatic rings. The van der Waals surface area contributed by atoms with Gasteiger partial charge in [-0.1, -0.05) is 11.9 Å². The Morgan fingerprint density at radius 3 is 2.27 bits per heavy atom. The quantitative estimate of drug-likeness (QED) is 0.262. The average Bonchev–Trinajstić information content (AvgIpc) is 2.25. The van der Waals surface area contributed by atoms with Crippen molar-refractivity contribution in [2.24, 2.45) is 5.73 Å². The number of likely N-dealkylation sites (N-methyl/N-ethyl adjacent to an activating group) is 1. The van der Waals surface area contributed by atoms with Crippen LogP contribution in [0.3, 0.4) is 0 Å². The number of hydrogen-bond donors (Lipinski definition) is 3. The Hall–Kier alpha value is -0.830. The first kappa shape index (κ1) is 16.6. The monoisotopic (exact) mass is 257 g/mol. The summed E-state index contributed by atoms with van der Waals surface area (Å²) < 4.78 is 0.979. The van der Waals surface area contributed by atoms with Gasteiger partial charge in [-0.15, -0.1) is 11.6 Å². The Kier molecular flexibility index (Phi) is 8.25. The molecule has 0 aliphatic carbocycles. The van der Waals surface area contributed by atoms with Crippen molar-refractivity contribution in [2.75, 3.05) is 7.05 Å². The largest absolute Gasteiger partial charge is 0.465 e. The number of halogens is 1. The predicted octanol–water partition coefficient (Wildman–Crippen LogP) is 0.0666. The van der Waals surface area contributed by atoms with Crippen molar-refractivity contribution in [3.05, 3.63) is 0 Å². The van der Waals surface area contributed by atoms with Crippen molar-refractivity contribution in [1.29, 1.82) is 0 Å². The van der Waals surface area contributed by atoms with Crippen LogP contribution in [0.25, 0.3) is 0 Å². The third-order valence-corrected chi connectivity index (χ3v) is 2.73. The standard InChI is InChI=1S/C5H6ClNO2S.CH3NO2.H3N/c1-7-3(2-8)4(9)5(6)10-7;2-1(3)4;/h2-3,5H,1H3;2H2,(H,3,4);1H3. The van der Waals surface area contributed by atoms with Crippen LogP contribution in [0.2, 0.25) is 0 Å². The number of rotatable bonds is 1. The van der Waals surface area contributed by atoms with Crippen LogP contribution in [0.4, 0.5) is 4.79 Å². The molecule has 88 valence electrons. The highest BCUT2D eigenvalue weighted by atomic mass is 35.5. The molecule has 0 aromatic carbocycles. The minimum atomic E-state index is -1.33. The Morgan fingerprint density at radius 2 is 2.13 bits per heavy atom. The number of carbonyl (C=O) groups is 3. The number of primary amides is 1. The van der Waals surface area contributed by atoms with Gasteiger partial charge in [0.2, 0.25) is 0 Å². The lowest BCUT2D eigenvalue weighted by atomic mass is 10.2. The van der Waals surface area contributed by atoms with Crippen LogP contribution in [0.15, 0.2) is 0 Å². The highest BCUT2D eigenvalue weighted by molar-refractivity contribution is 8.00. The molecule has 6 N–H and O–H groups in total. The van der Waals surface area contributed by atoms with Gasteiger partial charge in [0.1, 0.15) is 12.3 Å². The van der Waals surface area contributed by atoms with Gasteiger partial charge in [-0.3, -0.25) is 4.79 Å². The van der Waals surface area contributed by atoms with Crippen molar-refractivity contribution in [1.82, 2.24) is 10.5 Å². The maximum absolute atomic E-state index is 10.9. The molecular weight excluding hydrogens is 246 g/mol. The second-order valence-corrected chi connectivity index (χ2v) is 4.24. The maximum Gasteiger partial charge on any atom is 0.402 e. The number of carboxylic acid groups (broad SMARTS) is 1. The van der Waals surface area contributed by atoms with E-state index in [1.807, 2.05) is 0 Å². The minimum Gasteiger partial charge on any atom is -0.465 e. The summed E-state index contributed by atoms with van der Waals surface area (Å²) in [4.78, 5) is 29.9. The summed E-state index contributed by atoms with van der Waals surface area (Å²) in [6.45, 7) is 0. The molecule has 1 aliphatic heterocycles. The van der Waals surface area contributed by atoms with Crippen LogP contribution in [-0.4, -0.2) is 45.4 Å². The van der Waals surface area contributed by atoms with E-state index in [0.29, 0.717) is 6.29 Å². The van der Waals surface area contributed by atoms with Gasteiger partial charge in [0.05, 0.1) is 0 Å². The number of nitrogens with zero attached hydrogens (tertiary/aromatic N) is 1. The molecule has 1 rings (SSSR count). The SMILES string of the molecule is CN1SC(Cl)C(=O)C1C=O.N.NC(=O)O. The van der Waals surface area contributed by atoms with Crippen molar-refractivity contribution < 1.29 is 19.5 Å². The zero-order chi connectivity index (χ0) is 11.3. The van der Waals surface area contributed by atoms with Crippen LogP contribution in [-0.2, 0) is 9.59 Å². The van der Waals surface area contributed by atoms with Gasteiger partial charge < -0.3 is 21.8 Å². The first-order valence-electron chi connectivity index (χ1n) is 3.41. The first-order chi connectivity index (χ1) is 6.40. The molecule has 1 fully saturated rings. The molecule has 1 amide bonds. The molecule has 1 saturated heterocycles. The summed E-state index contributed by atoms with van der Waals surface area (Å²) in [5, 5.41) is 7.19. The van der Waals surface area contributed by atoms with E-state index < -0.39 is 16.8 Å². The Bertz CT molecular complexity index is 249. The number of alkyl halides is 1. The second kappa shape index (κ2) is 7.46. The van der Waals surface area contributed by atoms with E-state index >= 15 is 0 Å². The van der Waals surface area contributed by atoms with Gasteiger partial charge in [-0.2, -0.15) is 0 Å². The van der Waals surface area contributed by atoms with Crippen molar-refractivity contribution >= 4 is 41.7 Å². The zero-order valence-corrected chi connectivity index (χ0v) is 9.49. The molecule has 9 heteroatoms. The summed E-state index contributed by atoms with van der Waals surface area (Å²) >= 11 is 6.72. The average molecular weight is 258 g/mol. The summed E-state index contributed by atoms with van der Waals surface area (Å²) in [6, 6.07) is -0.646. The summed E-state index contributed by atoms with van der Waals surface area (Å²) in [5.74, 6) is -0.218. The molecule has 0 radical (unpaired) electrons. The molecule has 7 nitrogen and oxygen atoms in total. The third-order valence-electron chi connectivity index (χ3n) is 1.29. The normalized spacial score (nSPS) is 24.8. The first-order valence-corrected chi connectivity index (χ1v) is 4.68. The van der Waals surface area contributed by atoms with E-state index in [0.717, 1.165) is 0 Å². The zero-order valence-electron chi connectivity index (χ0n) is 7.92. The molecule has 15 heavy (non-hydrogen) atoms. The van der Waals surface area contributed by atoms with Crippen LogP contribution >= 0.6 is 23.5 Å². The van der Waals surface area contributed by atoms with Crippen molar-refractivity contribution in [2.45, 2.75) is 10.8 Å². The minimum absolute atomic E-state index is 0. The Morgan fingerprint density at radius 1 is 1.73 bits per heavy atom. The summed E-state index contributed by atoms with van der Waals surface area (Å²) in [6.07, 6.45) is -0.724. The third kappa shape index (κ3) is 5.57. The van der Waals surface area contributed by atoms with Crippen molar-refractivity contribution in [3.63, 3.8) is 0 Å². The molecule has 0 aromatic rings. The van der Waals surface area contributed by atoms with Gasteiger partial charge >= 0.3 is 6.09 Å². The molecule has 2 atom stereocenters. The number of carbonyl (C=O) groups excluding carboxylic acids is 2. The molecule has 0 aromatic heterocycles. The summed E-state index contributed by atoms with van der Waals surface area (Å²) in [5.41, 5.74) is 4.03. The van der Waals surface area contributed by atoms with Crippen LogP contribution in [0.1, 0.15) is 0 Å². The van der Waals surface area contributed by atoms with Gasteiger partial charge in [0, 0.05) is 0 Å². The lowest BCUT2D eigenvalue weighted by molar-refractivity contribution is -0.124. The van der Waals surface area contributed by atoms with Crippen LogP contribution in [0, 0.1) is 0 Å². The van der Waals surface area contributed by atoms with E-state index in [1.165, 1.54) is 11.9 Å². The predicted molar refractivity (Wildman–Crippen MR) is 57.1 cm³/mol. The fourth-order valence-corrected chi connectivity index (χ4v) is 2.06. The number of ketones is 1. The topological polar surface area (TPSA) is 136 Å². The molecular formula is C6H12ClN3O4S. The van der Waals surface area contributed by atoms with E-state index in [2.05, 4.69) is 5.73 Å². The number of nitrogens with two attached hydrogens (primary N) is 1. The van der Waals surface area contributed by atoms with Gasteiger partial charge in [0.15, 0.2) is 10.5 Å². The smallest absolute Gasteiger partial charge is 0.402 e. The van der Waals surface area contributed by atoms with Crippen molar-refractivity contribution in [3.8, 4) is 0 Å². The van der Waals surface area contributed by atoms with Gasteiger partial charge in [0.25, 0.3) is 0 Å². The number of aldehydes is 1.